The van der Waals surface area contributed by atoms with Gasteiger partial charge in [0.1, 0.15) is 11.4 Å². The molecule has 0 fully saturated rings. The van der Waals surface area contributed by atoms with Gasteiger partial charge in [-0.1, -0.05) is 18.2 Å². The van der Waals surface area contributed by atoms with Crippen LogP contribution < -0.4 is 14.8 Å². The van der Waals surface area contributed by atoms with Gasteiger partial charge in [-0.2, -0.15) is 0 Å². The number of rotatable bonds is 5. The molecular formula is C16H16FN2O4-. The van der Waals surface area contributed by atoms with Gasteiger partial charge in [-0.25, -0.2) is 0 Å². The van der Waals surface area contributed by atoms with Gasteiger partial charge >= 0.3 is 0 Å². The Hall–Kier alpha value is -2.96. The van der Waals surface area contributed by atoms with E-state index in [1.807, 2.05) is 19.1 Å². The van der Waals surface area contributed by atoms with Crippen LogP contribution in [0.3, 0.4) is 0 Å². The van der Waals surface area contributed by atoms with E-state index in [-0.39, 0.29) is 22.0 Å². The SMILES string of the molecule is CCOc1ccc(NC(=O)c2ccccc2C)c([N+](=O)[O-])c1.[F-]. The quantitative estimate of drug-likeness (QED) is 0.645. The van der Waals surface area contributed by atoms with Gasteiger partial charge in [0.15, 0.2) is 0 Å². The number of nitrogens with one attached hydrogen (secondary N) is 1. The van der Waals surface area contributed by atoms with Crippen molar-refractivity contribution in [1.29, 1.82) is 0 Å². The van der Waals surface area contributed by atoms with Gasteiger partial charge in [0.05, 0.1) is 17.6 Å². The van der Waals surface area contributed by atoms with Gasteiger partial charge in [0.25, 0.3) is 11.6 Å². The first-order valence-electron chi connectivity index (χ1n) is 6.81. The fourth-order valence-corrected chi connectivity index (χ4v) is 2.04. The maximum atomic E-state index is 12.3. The molecule has 2 aromatic carbocycles. The lowest BCUT2D eigenvalue weighted by Crippen LogP contribution is -3.00. The molecule has 6 nitrogen and oxygen atoms in total. The number of carbonyl (C=O) groups is 1. The van der Waals surface area contributed by atoms with Crippen LogP contribution in [0.25, 0.3) is 0 Å². The molecule has 0 aliphatic rings. The smallest absolute Gasteiger partial charge is 0.296 e. The highest BCUT2D eigenvalue weighted by Gasteiger charge is 2.18. The Morgan fingerprint density at radius 3 is 2.57 bits per heavy atom. The van der Waals surface area contributed by atoms with Crippen LogP contribution >= 0.6 is 0 Å². The van der Waals surface area contributed by atoms with Crippen molar-refractivity contribution in [2.75, 3.05) is 11.9 Å². The Balaban J connectivity index is 0.00000264. The third-order valence-electron chi connectivity index (χ3n) is 3.11. The zero-order valence-corrected chi connectivity index (χ0v) is 12.7. The molecule has 0 aliphatic carbocycles. The predicted molar refractivity (Wildman–Crippen MR) is 83.4 cm³/mol. The van der Waals surface area contributed by atoms with Gasteiger partial charge in [-0.05, 0) is 37.6 Å². The normalized spacial score (nSPS) is 9.65. The Labute approximate surface area is 132 Å². The van der Waals surface area contributed by atoms with Crippen LogP contribution in [0.2, 0.25) is 0 Å². The lowest BCUT2D eigenvalue weighted by molar-refractivity contribution is -0.384. The summed E-state index contributed by atoms with van der Waals surface area (Å²) in [4.78, 5) is 22.9. The van der Waals surface area contributed by atoms with Crippen LogP contribution in [0.1, 0.15) is 22.8 Å². The van der Waals surface area contributed by atoms with Gasteiger partial charge in [-0.15, -0.1) is 0 Å². The molecule has 0 aromatic heterocycles. The fourth-order valence-electron chi connectivity index (χ4n) is 2.04. The summed E-state index contributed by atoms with van der Waals surface area (Å²) in [5.74, 6) is 0.00782. The van der Waals surface area contributed by atoms with Crippen molar-refractivity contribution in [2.45, 2.75) is 13.8 Å². The number of nitro benzene ring substituents is 1. The molecule has 7 heteroatoms. The highest BCUT2D eigenvalue weighted by molar-refractivity contribution is 6.06. The summed E-state index contributed by atoms with van der Waals surface area (Å²) in [6.07, 6.45) is 0. The molecule has 0 atom stereocenters. The number of nitro groups is 1. The molecule has 0 saturated heterocycles. The predicted octanol–water partition coefficient (Wildman–Crippen LogP) is 0.558. The fraction of sp³-hybridized carbons (Fsp3) is 0.188. The van der Waals surface area contributed by atoms with E-state index in [1.54, 1.807) is 25.1 Å². The first-order chi connectivity index (χ1) is 10.5. The van der Waals surface area contributed by atoms with E-state index in [0.29, 0.717) is 17.9 Å². The molecule has 1 amide bonds. The minimum absolute atomic E-state index is 0. The molecule has 0 spiro atoms. The number of ether oxygens (including phenoxy) is 1. The number of carbonyl (C=O) groups excluding carboxylic acids is 1. The summed E-state index contributed by atoms with van der Waals surface area (Å²) >= 11 is 0. The van der Waals surface area contributed by atoms with Gasteiger partial charge in [-0.3, -0.25) is 14.9 Å². The number of hydrogen-bond donors (Lipinski definition) is 1. The Bertz CT molecular complexity index is 719. The molecule has 0 radical (unpaired) electrons. The van der Waals surface area contributed by atoms with Crippen molar-refractivity contribution in [3.05, 3.63) is 63.7 Å². The van der Waals surface area contributed by atoms with Crippen molar-refractivity contribution >= 4 is 17.3 Å². The molecule has 23 heavy (non-hydrogen) atoms. The van der Waals surface area contributed by atoms with E-state index in [1.165, 1.54) is 12.1 Å². The van der Waals surface area contributed by atoms with Crippen molar-refractivity contribution < 1.29 is 19.2 Å². The van der Waals surface area contributed by atoms with Crippen LogP contribution in [0.15, 0.2) is 42.5 Å². The molecular weight excluding hydrogens is 303 g/mol. The van der Waals surface area contributed by atoms with Gasteiger partial charge in [0.2, 0.25) is 0 Å². The second-order valence-electron chi connectivity index (χ2n) is 4.64. The number of nitrogens with zero attached hydrogens (tertiary/aromatic N) is 1. The second-order valence-corrected chi connectivity index (χ2v) is 4.64. The van der Waals surface area contributed by atoms with Crippen LogP contribution in [0, 0.1) is 17.0 Å². The molecule has 122 valence electrons. The molecule has 0 heterocycles. The van der Waals surface area contributed by atoms with Gasteiger partial charge in [0, 0.05) is 5.56 Å². The van der Waals surface area contributed by atoms with Crippen molar-refractivity contribution in [3.8, 4) is 5.75 Å². The average Bonchev–Trinajstić information content (AvgIpc) is 2.49. The summed E-state index contributed by atoms with van der Waals surface area (Å²) in [6.45, 7) is 4.01. The van der Waals surface area contributed by atoms with E-state index >= 15 is 0 Å². The first kappa shape index (κ1) is 18.1. The molecule has 1 N–H and O–H groups in total. The highest BCUT2D eigenvalue weighted by Crippen LogP contribution is 2.29. The summed E-state index contributed by atoms with van der Waals surface area (Å²) in [6, 6.07) is 11.4. The maximum absolute atomic E-state index is 12.3. The molecule has 2 aromatic rings. The lowest BCUT2D eigenvalue weighted by Gasteiger charge is -2.09. The van der Waals surface area contributed by atoms with Crippen molar-refractivity contribution in [1.82, 2.24) is 0 Å². The minimum atomic E-state index is -0.546. The lowest BCUT2D eigenvalue weighted by atomic mass is 10.1. The molecule has 0 saturated carbocycles. The molecule has 2 rings (SSSR count). The number of anilines is 1. The van der Waals surface area contributed by atoms with Crippen molar-refractivity contribution in [2.24, 2.45) is 0 Å². The van der Waals surface area contributed by atoms with Crippen molar-refractivity contribution in [3.63, 3.8) is 0 Å². The van der Waals surface area contributed by atoms with E-state index in [0.717, 1.165) is 5.56 Å². The Morgan fingerprint density at radius 1 is 1.26 bits per heavy atom. The Kier molecular flexibility index (Phi) is 6.20. The summed E-state index contributed by atoms with van der Waals surface area (Å²) < 4.78 is 5.24. The summed E-state index contributed by atoms with van der Waals surface area (Å²) in [5.41, 5.74) is 1.22. The number of halogens is 1. The van der Waals surface area contributed by atoms with Crippen LogP contribution in [-0.2, 0) is 0 Å². The third kappa shape index (κ3) is 4.26. The number of benzene rings is 2. The van der Waals surface area contributed by atoms with Crippen LogP contribution in [0.4, 0.5) is 11.4 Å². The third-order valence-corrected chi connectivity index (χ3v) is 3.11. The molecule has 0 bridgehead atoms. The number of aryl methyl sites for hydroxylation is 1. The maximum Gasteiger partial charge on any atom is 0.296 e. The summed E-state index contributed by atoms with van der Waals surface area (Å²) in [5, 5.41) is 13.7. The monoisotopic (exact) mass is 319 g/mol. The first-order valence-corrected chi connectivity index (χ1v) is 6.81. The topological polar surface area (TPSA) is 81.5 Å². The van der Waals surface area contributed by atoms with E-state index in [4.69, 9.17) is 4.74 Å². The van der Waals surface area contributed by atoms with E-state index in [2.05, 4.69) is 5.32 Å². The number of hydrogen-bond acceptors (Lipinski definition) is 4. The summed E-state index contributed by atoms with van der Waals surface area (Å²) in [7, 11) is 0. The molecule has 0 aliphatic heterocycles. The zero-order chi connectivity index (χ0) is 16.1. The van der Waals surface area contributed by atoms with E-state index < -0.39 is 4.92 Å². The van der Waals surface area contributed by atoms with Crippen LogP contribution in [0.5, 0.6) is 5.75 Å². The van der Waals surface area contributed by atoms with E-state index in [9.17, 15) is 14.9 Å². The van der Waals surface area contributed by atoms with Crippen LogP contribution in [-0.4, -0.2) is 17.4 Å². The minimum Gasteiger partial charge on any atom is -1.00 e. The largest absolute Gasteiger partial charge is 1.00 e. The standard InChI is InChI=1S/C16H16N2O4.FH/c1-3-22-12-8-9-14(15(10-12)18(20)21)17-16(19)13-7-5-4-6-11(13)2;/h4-10H,3H2,1-2H3,(H,17,19);1H/p-1. The highest BCUT2D eigenvalue weighted by atomic mass is 19.0. The molecule has 0 unspecified atom stereocenters. The number of amides is 1. The zero-order valence-electron chi connectivity index (χ0n) is 12.7. The average molecular weight is 319 g/mol. The second kappa shape index (κ2) is 7.88. The Morgan fingerprint density at radius 2 is 1.96 bits per heavy atom. The van der Waals surface area contributed by atoms with Gasteiger partial charge < -0.3 is 14.8 Å².